The summed E-state index contributed by atoms with van der Waals surface area (Å²) >= 11 is 3.44. The molecule has 0 bridgehead atoms. The lowest BCUT2D eigenvalue weighted by Gasteiger charge is -2.05. The molecule has 8 nitrogen and oxygen atoms in total. The fraction of sp³-hybridized carbons (Fsp3) is 0.294. The second kappa shape index (κ2) is 7.48. The molecule has 0 radical (unpaired) electrons. The molecule has 9 heteroatoms. The number of nitrogens with zero attached hydrogens (tertiary/aromatic N) is 4. The van der Waals surface area contributed by atoms with E-state index in [2.05, 4.69) is 36.3 Å². The number of halogens is 1. The molecule has 0 aliphatic heterocycles. The minimum Gasteiger partial charge on any atom is -0.394 e. The molecular weight excluding hydrogens is 402 g/mol. The predicted molar refractivity (Wildman–Crippen MR) is 97.7 cm³/mol. The van der Waals surface area contributed by atoms with Gasteiger partial charge in [0.05, 0.1) is 31.1 Å². The van der Waals surface area contributed by atoms with Gasteiger partial charge in [-0.15, -0.1) is 10.2 Å². The minimum absolute atomic E-state index is 0.104. The van der Waals surface area contributed by atoms with Crippen molar-refractivity contribution in [1.29, 1.82) is 0 Å². The van der Waals surface area contributed by atoms with E-state index in [0.29, 0.717) is 33.9 Å². The number of aromatic nitrogens is 5. The highest BCUT2D eigenvalue weighted by Crippen LogP contribution is 2.28. The summed E-state index contributed by atoms with van der Waals surface area (Å²) in [7, 11) is 0. The minimum atomic E-state index is -0.320. The van der Waals surface area contributed by atoms with Crippen LogP contribution in [-0.4, -0.2) is 47.8 Å². The van der Waals surface area contributed by atoms with E-state index in [-0.39, 0.29) is 25.5 Å². The Bertz CT molecular complexity index is 963. The predicted octanol–water partition coefficient (Wildman–Crippen LogP) is 1.76. The van der Waals surface area contributed by atoms with E-state index < -0.39 is 0 Å². The van der Waals surface area contributed by atoms with Crippen LogP contribution in [0.4, 0.5) is 0 Å². The Kier molecular flexibility index (Phi) is 5.30. The summed E-state index contributed by atoms with van der Waals surface area (Å²) in [5.41, 5.74) is 3.50. The van der Waals surface area contributed by atoms with Gasteiger partial charge in [0.2, 0.25) is 5.82 Å². The zero-order valence-electron chi connectivity index (χ0n) is 14.3. The summed E-state index contributed by atoms with van der Waals surface area (Å²) in [4.78, 5) is 17.3. The second-order valence-corrected chi connectivity index (χ2v) is 6.72. The summed E-state index contributed by atoms with van der Waals surface area (Å²) in [6, 6.07) is 5.38. The van der Waals surface area contributed by atoms with Gasteiger partial charge in [0, 0.05) is 15.6 Å². The largest absolute Gasteiger partial charge is 0.394 e. The summed E-state index contributed by atoms with van der Waals surface area (Å²) < 4.78 is 0.843. The van der Waals surface area contributed by atoms with Gasteiger partial charge in [0.15, 0.2) is 5.78 Å². The number of ketones is 1. The third kappa shape index (κ3) is 3.33. The monoisotopic (exact) mass is 419 g/mol. The standard InChI is InChI=1S/C17H18BrN5O3/c1-9-3-4-11(7-12(9)18)16(26)14-10(2)15(19-13(14)8-25)17-20-22-23(21-17)5-6-24/h3-4,7,19,24-25H,5-6,8H2,1-2H3. The lowest BCUT2D eigenvalue weighted by atomic mass is 9.98. The molecule has 3 rings (SSSR count). The first kappa shape index (κ1) is 18.4. The van der Waals surface area contributed by atoms with Gasteiger partial charge in [-0.2, -0.15) is 4.80 Å². The molecule has 1 aromatic carbocycles. The molecule has 0 atom stereocenters. The van der Waals surface area contributed by atoms with Crippen molar-refractivity contribution in [2.75, 3.05) is 6.61 Å². The zero-order valence-corrected chi connectivity index (χ0v) is 15.9. The van der Waals surface area contributed by atoms with Crippen molar-refractivity contribution in [3.05, 3.63) is 50.6 Å². The average Bonchev–Trinajstić information content (AvgIpc) is 3.21. The molecule has 0 saturated heterocycles. The number of tetrazole rings is 1. The molecule has 0 spiro atoms. The Morgan fingerprint density at radius 2 is 2.08 bits per heavy atom. The van der Waals surface area contributed by atoms with E-state index in [1.54, 1.807) is 19.1 Å². The van der Waals surface area contributed by atoms with Gasteiger partial charge in [0.1, 0.15) is 0 Å². The molecule has 26 heavy (non-hydrogen) atoms. The highest BCUT2D eigenvalue weighted by Gasteiger charge is 2.24. The van der Waals surface area contributed by atoms with Gasteiger partial charge in [0.25, 0.3) is 0 Å². The Balaban J connectivity index is 2.05. The van der Waals surface area contributed by atoms with Crippen LogP contribution in [0, 0.1) is 13.8 Å². The molecule has 3 N–H and O–H groups in total. The number of rotatable bonds is 6. The number of carbonyl (C=O) groups is 1. The number of benzene rings is 1. The maximum atomic E-state index is 13.0. The second-order valence-electron chi connectivity index (χ2n) is 5.86. The SMILES string of the molecule is Cc1ccc(C(=O)c2c(CO)[nH]c(-c3nnn(CCO)n3)c2C)cc1Br. The molecule has 0 aliphatic carbocycles. The van der Waals surface area contributed by atoms with Crippen LogP contribution < -0.4 is 0 Å². The third-order valence-corrected chi connectivity index (χ3v) is 4.98. The van der Waals surface area contributed by atoms with Crippen LogP contribution in [0.25, 0.3) is 11.5 Å². The Labute approximate surface area is 158 Å². The number of aryl methyl sites for hydroxylation is 1. The number of hydrogen-bond donors (Lipinski definition) is 3. The normalized spacial score (nSPS) is 11.1. The maximum Gasteiger partial charge on any atom is 0.221 e. The van der Waals surface area contributed by atoms with E-state index in [1.807, 2.05) is 13.0 Å². The Morgan fingerprint density at radius 3 is 2.73 bits per heavy atom. The van der Waals surface area contributed by atoms with Gasteiger partial charge in [-0.05, 0) is 36.3 Å². The lowest BCUT2D eigenvalue weighted by Crippen LogP contribution is -2.06. The van der Waals surface area contributed by atoms with E-state index >= 15 is 0 Å². The molecule has 2 aromatic heterocycles. The fourth-order valence-corrected chi connectivity index (χ4v) is 3.09. The topological polar surface area (TPSA) is 117 Å². The average molecular weight is 420 g/mol. The number of aliphatic hydroxyl groups excluding tert-OH is 2. The van der Waals surface area contributed by atoms with Crippen LogP contribution in [0.2, 0.25) is 0 Å². The zero-order chi connectivity index (χ0) is 18.8. The van der Waals surface area contributed by atoms with Crippen LogP contribution >= 0.6 is 15.9 Å². The van der Waals surface area contributed by atoms with Crippen molar-refractivity contribution < 1.29 is 15.0 Å². The van der Waals surface area contributed by atoms with Gasteiger partial charge < -0.3 is 15.2 Å². The quantitative estimate of drug-likeness (QED) is 0.524. The molecule has 3 aromatic rings. The van der Waals surface area contributed by atoms with Gasteiger partial charge in [-0.25, -0.2) is 0 Å². The van der Waals surface area contributed by atoms with Crippen LogP contribution in [-0.2, 0) is 13.2 Å². The highest BCUT2D eigenvalue weighted by molar-refractivity contribution is 9.10. The number of carbonyl (C=O) groups excluding carboxylic acids is 1. The molecule has 0 fully saturated rings. The Hall–Kier alpha value is -2.36. The molecular formula is C17H18BrN5O3. The van der Waals surface area contributed by atoms with Crippen molar-refractivity contribution in [2.24, 2.45) is 0 Å². The lowest BCUT2D eigenvalue weighted by molar-refractivity contribution is 0.103. The van der Waals surface area contributed by atoms with Crippen molar-refractivity contribution in [3.63, 3.8) is 0 Å². The van der Waals surface area contributed by atoms with E-state index in [4.69, 9.17) is 5.11 Å². The molecule has 136 valence electrons. The molecule has 0 amide bonds. The summed E-state index contributed by atoms with van der Waals surface area (Å²) in [6.45, 7) is 3.52. The summed E-state index contributed by atoms with van der Waals surface area (Å²) in [5, 5.41) is 30.6. The number of H-pyrrole nitrogens is 1. The van der Waals surface area contributed by atoms with E-state index in [1.165, 1.54) is 4.80 Å². The van der Waals surface area contributed by atoms with E-state index in [9.17, 15) is 9.90 Å². The third-order valence-electron chi connectivity index (χ3n) is 4.12. The molecule has 0 aliphatic rings. The first-order chi connectivity index (χ1) is 12.5. The van der Waals surface area contributed by atoms with Crippen LogP contribution in [0.5, 0.6) is 0 Å². The van der Waals surface area contributed by atoms with Gasteiger partial charge >= 0.3 is 0 Å². The van der Waals surface area contributed by atoms with Crippen molar-refractivity contribution in [1.82, 2.24) is 25.2 Å². The van der Waals surface area contributed by atoms with Crippen molar-refractivity contribution in [3.8, 4) is 11.5 Å². The van der Waals surface area contributed by atoms with Crippen molar-refractivity contribution in [2.45, 2.75) is 27.0 Å². The number of nitrogens with one attached hydrogen (secondary N) is 1. The van der Waals surface area contributed by atoms with Gasteiger partial charge in [-0.3, -0.25) is 4.79 Å². The molecule has 2 heterocycles. The number of aliphatic hydroxyl groups is 2. The summed E-state index contributed by atoms with van der Waals surface area (Å²) in [5.74, 6) is 0.104. The maximum absolute atomic E-state index is 13.0. The summed E-state index contributed by atoms with van der Waals surface area (Å²) in [6.07, 6.45) is 0. The van der Waals surface area contributed by atoms with Crippen LogP contribution in [0.1, 0.15) is 32.7 Å². The number of aromatic amines is 1. The first-order valence-corrected chi connectivity index (χ1v) is 8.77. The fourth-order valence-electron chi connectivity index (χ4n) is 2.71. The van der Waals surface area contributed by atoms with Crippen LogP contribution in [0.3, 0.4) is 0 Å². The highest BCUT2D eigenvalue weighted by atomic mass is 79.9. The van der Waals surface area contributed by atoms with Crippen molar-refractivity contribution >= 4 is 21.7 Å². The Morgan fingerprint density at radius 1 is 1.31 bits per heavy atom. The first-order valence-electron chi connectivity index (χ1n) is 7.98. The van der Waals surface area contributed by atoms with E-state index in [0.717, 1.165) is 10.0 Å². The molecule has 0 unspecified atom stereocenters. The van der Waals surface area contributed by atoms with Gasteiger partial charge in [-0.1, -0.05) is 28.1 Å². The number of hydrogen-bond acceptors (Lipinski definition) is 6. The molecule has 0 saturated carbocycles. The van der Waals surface area contributed by atoms with Crippen LogP contribution in [0.15, 0.2) is 22.7 Å². The smallest absolute Gasteiger partial charge is 0.221 e.